The number of hydrogen-bond acceptors (Lipinski definition) is 12. The van der Waals surface area contributed by atoms with Crippen molar-refractivity contribution in [2.75, 3.05) is 6.54 Å². The van der Waals surface area contributed by atoms with Gasteiger partial charge in [-0.05, 0) is 97.0 Å². The van der Waals surface area contributed by atoms with Crippen LogP contribution >= 0.6 is 0 Å². The first-order chi connectivity index (χ1) is 30.4. The molecular formula is C45H55F6N3O11S. The number of rotatable bonds is 10. The van der Waals surface area contributed by atoms with Crippen LogP contribution in [0.15, 0.2) is 42.6 Å². The number of carbonyl (C=O) groups is 5. The maximum Gasteiger partial charge on any atom is 0.514 e. The quantitative estimate of drug-likeness (QED) is 0.137. The number of alkyl halides is 6. The molecule has 2 aliphatic carbocycles. The molecule has 364 valence electrons. The molecule has 0 bridgehead atoms. The summed E-state index contributed by atoms with van der Waals surface area (Å²) < 4.78 is 130. The Morgan fingerprint density at radius 3 is 2.17 bits per heavy atom. The molecule has 0 spiro atoms. The molecule has 2 saturated carbocycles. The maximum absolute atomic E-state index is 14.9. The Bertz CT molecular complexity index is 2380. The van der Waals surface area contributed by atoms with Gasteiger partial charge in [0.2, 0.25) is 38.9 Å². The first-order valence-corrected chi connectivity index (χ1v) is 23.3. The second-order valence-electron chi connectivity index (χ2n) is 19.5. The van der Waals surface area contributed by atoms with Crippen molar-refractivity contribution >= 4 is 50.5 Å². The lowest BCUT2D eigenvalue weighted by atomic mass is 9.82. The summed E-state index contributed by atoms with van der Waals surface area (Å²) in [6.45, 7) is 7.45. The van der Waals surface area contributed by atoms with Crippen LogP contribution < -0.4 is 14.2 Å². The second-order valence-corrected chi connectivity index (χ2v) is 21.7. The van der Waals surface area contributed by atoms with E-state index in [-0.39, 0.29) is 47.7 Å². The number of allylic oxidation sites excluding steroid dienone is 2. The lowest BCUT2D eigenvalue weighted by molar-refractivity contribution is -0.257. The Kier molecular flexibility index (Phi) is 13.7. The minimum absolute atomic E-state index is 0.0687. The number of hydrogen-bond donors (Lipinski definition) is 1. The number of pyridine rings is 1. The van der Waals surface area contributed by atoms with Crippen LogP contribution in [0.3, 0.4) is 0 Å². The Hall–Kier alpha value is -4.95. The van der Waals surface area contributed by atoms with Crippen LogP contribution in [-0.4, -0.2) is 95.0 Å². The molecule has 2 aliphatic heterocycles. The number of halogens is 6. The standard InChI is InChI=1S/C45H55F6N3O11S/c1-25-12-8-9-13-27-21-43(27,38(58)53-66(60,61)42(7)16-17-42)22-33(55)32-19-28(24-54(32)37(57)31(26(2)18-25)20-35(56)64-40(3,4)44(46,47)48)62-36-30-15-11-10-14-29(30)34(23-52-36)63-39(59)65-41(5,6)45(49,50)51/h9-11,13-15,23,25-28,31-32H,8,12,16-22,24H2,1-7H3,(H,53,58)/b13-9-/t25-,26-,27-,28-,31+,32+,43-/m1/s1. The van der Waals surface area contributed by atoms with Gasteiger partial charge in [0.05, 0.1) is 41.3 Å². The highest BCUT2D eigenvalue weighted by atomic mass is 32.2. The number of nitrogens with one attached hydrogen (secondary N) is 1. The van der Waals surface area contributed by atoms with Crippen LogP contribution in [-0.2, 0) is 38.7 Å². The minimum Gasteiger partial charge on any atom is -0.472 e. The van der Waals surface area contributed by atoms with Gasteiger partial charge in [0.15, 0.2) is 11.5 Å². The van der Waals surface area contributed by atoms with Crippen LogP contribution in [0.1, 0.15) is 106 Å². The average molecular weight is 960 g/mol. The molecule has 6 rings (SSSR count). The van der Waals surface area contributed by atoms with E-state index in [9.17, 15) is 58.7 Å². The molecule has 2 aromatic rings. The van der Waals surface area contributed by atoms with Gasteiger partial charge in [-0.25, -0.2) is 18.2 Å². The zero-order chi connectivity index (χ0) is 49.0. The van der Waals surface area contributed by atoms with E-state index >= 15 is 0 Å². The molecule has 4 aliphatic rings. The number of ketones is 1. The van der Waals surface area contributed by atoms with E-state index in [1.54, 1.807) is 25.1 Å². The van der Waals surface area contributed by atoms with E-state index < -0.39 is 116 Å². The molecule has 3 fully saturated rings. The molecule has 1 aromatic heterocycles. The van der Waals surface area contributed by atoms with E-state index in [0.717, 1.165) is 6.20 Å². The summed E-state index contributed by atoms with van der Waals surface area (Å²) in [5.74, 6) is -6.43. The Morgan fingerprint density at radius 2 is 1.55 bits per heavy atom. The minimum atomic E-state index is -4.94. The lowest BCUT2D eigenvalue weighted by Gasteiger charge is -2.33. The van der Waals surface area contributed by atoms with E-state index in [4.69, 9.17) is 14.2 Å². The van der Waals surface area contributed by atoms with E-state index in [2.05, 4.69) is 14.4 Å². The van der Waals surface area contributed by atoms with Crippen LogP contribution in [0.5, 0.6) is 11.6 Å². The smallest absolute Gasteiger partial charge is 0.472 e. The van der Waals surface area contributed by atoms with E-state index in [1.165, 1.54) is 24.0 Å². The van der Waals surface area contributed by atoms with Gasteiger partial charge in [0, 0.05) is 23.6 Å². The largest absolute Gasteiger partial charge is 0.514 e. The Morgan fingerprint density at radius 1 is 0.924 bits per heavy atom. The van der Waals surface area contributed by atoms with Crippen molar-refractivity contribution in [1.82, 2.24) is 14.6 Å². The average Bonchev–Trinajstić information content (AvgIpc) is 4.08. The third-order valence-corrected chi connectivity index (χ3v) is 15.6. The monoisotopic (exact) mass is 959 g/mol. The molecular weight excluding hydrogens is 905 g/mol. The number of fused-ring (bicyclic) bond motifs is 3. The molecule has 66 heavy (non-hydrogen) atoms. The zero-order valence-corrected chi connectivity index (χ0v) is 38.5. The van der Waals surface area contributed by atoms with E-state index in [1.807, 2.05) is 13.0 Å². The predicted molar refractivity (Wildman–Crippen MR) is 224 cm³/mol. The van der Waals surface area contributed by atoms with Crippen LogP contribution in [0, 0.1) is 29.1 Å². The fourth-order valence-electron chi connectivity index (χ4n) is 8.50. The lowest BCUT2D eigenvalue weighted by Crippen LogP contribution is -2.48. The van der Waals surface area contributed by atoms with Gasteiger partial charge < -0.3 is 23.8 Å². The van der Waals surface area contributed by atoms with Crippen molar-refractivity contribution in [2.24, 2.45) is 29.1 Å². The Balaban J connectivity index is 1.34. The van der Waals surface area contributed by atoms with Gasteiger partial charge in [-0.1, -0.05) is 44.2 Å². The molecule has 3 heterocycles. The molecule has 0 radical (unpaired) electrons. The summed E-state index contributed by atoms with van der Waals surface area (Å²) in [5.41, 5.74) is -7.28. The summed E-state index contributed by atoms with van der Waals surface area (Å²) >= 11 is 0. The van der Waals surface area contributed by atoms with Gasteiger partial charge >= 0.3 is 24.5 Å². The Labute approximate surface area is 378 Å². The highest BCUT2D eigenvalue weighted by molar-refractivity contribution is 7.91. The summed E-state index contributed by atoms with van der Waals surface area (Å²) in [6.07, 6.45) is -7.09. The van der Waals surface area contributed by atoms with Gasteiger partial charge in [-0.3, -0.25) is 23.9 Å². The normalized spacial score (nSPS) is 27.9. The molecule has 1 N–H and O–H groups in total. The van der Waals surface area contributed by atoms with Gasteiger partial charge in [0.1, 0.15) is 6.10 Å². The van der Waals surface area contributed by atoms with Crippen molar-refractivity contribution in [1.29, 1.82) is 0 Å². The molecule has 1 saturated heterocycles. The fraction of sp³-hybridized carbons (Fsp3) is 0.644. The molecule has 14 nitrogen and oxygen atoms in total. The summed E-state index contributed by atoms with van der Waals surface area (Å²) in [7, 11) is -4.12. The molecule has 0 unspecified atom stereocenters. The number of sulfonamides is 1. The number of ether oxygens (including phenoxy) is 4. The van der Waals surface area contributed by atoms with Crippen molar-refractivity contribution in [3.63, 3.8) is 0 Å². The predicted octanol–water partition coefficient (Wildman–Crippen LogP) is 8.31. The number of carbonyl (C=O) groups excluding carboxylic acids is 5. The van der Waals surface area contributed by atoms with Gasteiger partial charge in [-0.2, -0.15) is 26.3 Å². The molecule has 21 heteroatoms. The summed E-state index contributed by atoms with van der Waals surface area (Å²) in [6, 6.07) is 4.74. The number of aromatic nitrogens is 1. The second kappa shape index (κ2) is 17.9. The number of nitrogens with zero attached hydrogens (tertiary/aromatic N) is 2. The van der Waals surface area contributed by atoms with Crippen molar-refractivity contribution in [3.8, 4) is 11.6 Å². The third kappa shape index (κ3) is 10.6. The highest BCUT2D eigenvalue weighted by Gasteiger charge is 2.63. The first-order valence-electron chi connectivity index (χ1n) is 21.8. The van der Waals surface area contributed by atoms with Crippen molar-refractivity contribution < 1.29 is 77.7 Å². The number of esters is 1. The maximum atomic E-state index is 14.9. The number of benzene rings is 1. The first kappa shape index (κ1) is 50.5. The van der Waals surface area contributed by atoms with Crippen LogP contribution in [0.4, 0.5) is 31.1 Å². The summed E-state index contributed by atoms with van der Waals surface area (Å²) in [4.78, 5) is 75.0. The van der Waals surface area contributed by atoms with E-state index in [0.29, 0.717) is 59.8 Å². The zero-order valence-electron chi connectivity index (χ0n) is 37.6. The van der Waals surface area contributed by atoms with Crippen molar-refractivity contribution in [3.05, 3.63) is 42.6 Å². The fourth-order valence-corrected chi connectivity index (χ4v) is 9.83. The van der Waals surface area contributed by atoms with Gasteiger partial charge in [-0.15, -0.1) is 0 Å². The SMILES string of the molecule is C[C@@H]1CC/C=C\[C@@H]2C[C@@]2(C(=O)NS(=O)(=O)C2(C)CC2)CC(=O)[C@@H]2C[C@@H](Oc3ncc(OC(=O)OC(C)(C)C(F)(F)F)c4ccccc34)CN2C(=O)[C@@H](CC(=O)OC(C)(C)C(F)(F)F)[C@H](C)C1. The third-order valence-electron chi connectivity index (χ3n) is 13.4. The topological polar surface area (TPSA) is 185 Å². The van der Waals surface area contributed by atoms with Crippen LogP contribution in [0.25, 0.3) is 10.8 Å². The number of Topliss-reactive ketones (excluding diaryl/α,β-unsaturated/α-hetero) is 1. The molecule has 2 amide bonds. The van der Waals surface area contributed by atoms with Crippen LogP contribution in [0.2, 0.25) is 0 Å². The summed E-state index contributed by atoms with van der Waals surface area (Å²) in [5, 5.41) is 0.354. The number of amides is 2. The molecule has 7 atom stereocenters. The highest BCUT2D eigenvalue weighted by Crippen LogP contribution is 2.58. The van der Waals surface area contributed by atoms with Gasteiger partial charge in [0.25, 0.3) is 0 Å². The molecule has 1 aromatic carbocycles. The van der Waals surface area contributed by atoms with Crippen molar-refractivity contribution in [2.45, 2.75) is 147 Å².